The Morgan fingerprint density at radius 3 is 2.67 bits per heavy atom. The van der Waals surface area contributed by atoms with Crippen molar-refractivity contribution in [1.82, 2.24) is 9.88 Å². The standard InChI is InChI=1S/C15H27N3/c1-13-7-5-8-14(17-13)11-18(4)10-6-9-15(2,3)12-16/h5,7-8H,6,9-12,16H2,1-4H3. The van der Waals surface area contributed by atoms with E-state index in [0.29, 0.717) is 0 Å². The summed E-state index contributed by atoms with van der Waals surface area (Å²) >= 11 is 0. The molecule has 0 unspecified atom stereocenters. The Bertz CT molecular complexity index is 361. The summed E-state index contributed by atoms with van der Waals surface area (Å²) in [5.41, 5.74) is 8.24. The Morgan fingerprint density at radius 2 is 2.06 bits per heavy atom. The summed E-state index contributed by atoms with van der Waals surface area (Å²) in [4.78, 5) is 6.85. The van der Waals surface area contributed by atoms with Gasteiger partial charge < -0.3 is 10.6 Å². The molecule has 0 saturated heterocycles. The predicted molar refractivity (Wildman–Crippen MR) is 77.4 cm³/mol. The lowest BCUT2D eigenvalue weighted by molar-refractivity contribution is 0.271. The van der Waals surface area contributed by atoms with Gasteiger partial charge in [0.15, 0.2) is 0 Å². The number of nitrogens with zero attached hydrogens (tertiary/aromatic N) is 2. The van der Waals surface area contributed by atoms with E-state index in [4.69, 9.17) is 5.73 Å². The molecule has 18 heavy (non-hydrogen) atoms. The van der Waals surface area contributed by atoms with Crippen LogP contribution in [0.4, 0.5) is 0 Å². The fraction of sp³-hybridized carbons (Fsp3) is 0.667. The Balaban J connectivity index is 2.32. The lowest BCUT2D eigenvalue weighted by atomic mass is 9.88. The third-order valence-electron chi connectivity index (χ3n) is 3.32. The highest BCUT2D eigenvalue weighted by Crippen LogP contribution is 2.20. The third-order valence-corrected chi connectivity index (χ3v) is 3.32. The fourth-order valence-electron chi connectivity index (χ4n) is 1.97. The van der Waals surface area contributed by atoms with Gasteiger partial charge in [0, 0.05) is 12.2 Å². The Labute approximate surface area is 111 Å². The van der Waals surface area contributed by atoms with Crippen molar-refractivity contribution in [2.75, 3.05) is 20.1 Å². The van der Waals surface area contributed by atoms with Crippen molar-refractivity contribution in [1.29, 1.82) is 0 Å². The van der Waals surface area contributed by atoms with E-state index in [1.165, 1.54) is 12.8 Å². The molecule has 0 fully saturated rings. The van der Waals surface area contributed by atoms with Crippen molar-refractivity contribution >= 4 is 0 Å². The summed E-state index contributed by atoms with van der Waals surface area (Å²) in [6.45, 7) is 9.28. The van der Waals surface area contributed by atoms with Crippen molar-refractivity contribution in [3.8, 4) is 0 Å². The molecule has 0 atom stereocenters. The van der Waals surface area contributed by atoms with Crippen molar-refractivity contribution in [2.24, 2.45) is 11.1 Å². The Morgan fingerprint density at radius 1 is 1.33 bits per heavy atom. The van der Waals surface area contributed by atoms with E-state index in [2.05, 4.69) is 42.9 Å². The highest BCUT2D eigenvalue weighted by molar-refractivity contribution is 5.09. The van der Waals surface area contributed by atoms with Gasteiger partial charge in [-0.15, -0.1) is 0 Å². The van der Waals surface area contributed by atoms with Crippen LogP contribution in [0, 0.1) is 12.3 Å². The molecule has 0 aliphatic heterocycles. The van der Waals surface area contributed by atoms with Gasteiger partial charge in [-0.2, -0.15) is 0 Å². The molecule has 1 aromatic rings. The molecular formula is C15H27N3. The molecule has 102 valence electrons. The van der Waals surface area contributed by atoms with E-state index in [9.17, 15) is 0 Å². The highest BCUT2D eigenvalue weighted by Gasteiger charge is 2.15. The second-order valence-corrected chi connectivity index (χ2v) is 5.98. The van der Waals surface area contributed by atoms with E-state index in [-0.39, 0.29) is 5.41 Å². The molecular weight excluding hydrogens is 222 g/mol. The smallest absolute Gasteiger partial charge is 0.0547 e. The maximum absolute atomic E-state index is 5.74. The number of aromatic nitrogens is 1. The number of hydrogen-bond donors (Lipinski definition) is 1. The number of hydrogen-bond acceptors (Lipinski definition) is 3. The first-order chi connectivity index (χ1) is 8.43. The zero-order chi connectivity index (χ0) is 13.6. The largest absolute Gasteiger partial charge is 0.330 e. The van der Waals surface area contributed by atoms with Gasteiger partial charge in [-0.05, 0) is 57.5 Å². The lowest BCUT2D eigenvalue weighted by Gasteiger charge is -2.24. The molecule has 3 heteroatoms. The molecule has 0 radical (unpaired) electrons. The van der Waals surface area contributed by atoms with Crippen molar-refractivity contribution in [3.63, 3.8) is 0 Å². The summed E-state index contributed by atoms with van der Waals surface area (Å²) < 4.78 is 0. The number of pyridine rings is 1. The molecule has 0 aliphatic carbocycles. The maximum Gasteiger partial charge on any atom is 0.0547 e. The normalized spacial score (nSPS) is 12.1. The SMILES string of the molecule is Cc1cccc(CN(C)CCCC(C)(C)CN)n1. The first-order valence-electron chi connectivity index (χ1n) is 6.74. The first-order valence-corrected chi connectivity index (χ1v) is 6.74. The van der Waals surface area contributed by atoms with Gasteiger partial charge in [0.05, 0.1) is 5.69 Å². The van der Waals surface area contributed by atoms with Crippen LogP contribution in [0.2, 0.25) is 0 Å². The maximum atomic E-state index is 5.74. The second-order valence-electron chi connectivity index (χ2n) is 5.98. The number of aryl methyl sites for hydroxylation is 1. The molecule has 1 heterocycles. The summed E-state index contributed by atoms with van der Waals surface area (Å²) in [6.07, 6.45) is 2.36. The van der Waals surface area contributed by atoms with Gasteiger partial charge in [0.2, 0.25) is 0 Å². The van der Waals surface area contributed by atoms with Crippen LogP contribution in [0.3, 0.4) is 0 Å². The highest BCUT2D eigenvalue weighted by atomic mass is 15.1. The van der Waals surface area contributed by atoms with Gasteiger partial charge in [0.1, 0.15) is 0 Å². The van der Waals surface area contributed by atoms with E-state index >= 15 is 0 Å². The second kappa shape index (κ2) is 6.86. The van der Waals surface area contributed by atoms with Crippen LogP contribution in [0.5, 0.6) is 0 Å². The Hall–Kier alpha value is -0.930. The van der Waals surface area contributed by atoms with E-state index in [0.717, 1.165) is 31.0 Å². The van der Waals surface area contributed by atoms with Crippen molar-refractivity contribution < 1.29 is 0 Å². The molecule has 2 N–H and O–H groups in total. The quantitative estimate of drug-likeness (QED) is 0.807. The summed E-state index contributed by atoms with van der Waals surface area (Å²) in [5.74, 6) is 0. The summed E-state index contributed by atoms with van der Waals surface area (Å²) in [5, 5.41) is 0. The molecule has 3 nitrogen and oxygen atoms in total. The number of rotatable bonds is 7. The Kier molecular flexibility index (Phi) is 5.76. The molecule has 1 rings (SSSR count). The van der Waals surface area contributed by atoms with E-state index in [1.54, 1.807) is 0 Å². The van der Waals surface area contributed by atoms with Gasteiger partial charge >= 0.3 is 0 Å². The van der Waals surface area contributed by atoms with Crippen LogP contribution in [0.25, 0.3) is 0 Å². The lowest BCUT2D eigenvalue weighted by Crippen LogP contribution is -2.26. The van der Waals surface area contributed by atoms with Crippen LogP contribution >= 0.6 is 0 Å². The minimum atomic E-state index is 0.266. The van der Waals surface area contributed by atoms with Crippen molar-refractivity contribution in [3.05, 3.63) is 29.6 Å². The monoisotopic (exact) mass is 249 g/mol. The van der Waals surface area contributed by atoms with Crippen LogP contribution < -0.4 is 5.73 Å². The molecule has 0 bridgehead atoms. The van der Waals surface area contributed by atoms with Crippen LogP contribution in [0.1, 0.15) is 38.1 Å². The third kappa shape index (κ3) is 5.61. The van der Waals surface area contributed by atoms with Gasteiger partial charge in [-0.3, -0.25) is 4.98 Å². The van der Waals surface area contributed by atoms with Crippen LogP contribution in [0.15, 0.2) is 18.2 Å². The zero-order valence-corrected chi connectivity index (χ0v) is 12.2. The van der Waals surface area contributed by atoms with Crippen molar-refractivity contribution in [2.45, 2.75) is 40.2 Å². The molecule has 0 aromatic carbocycles. The topological polar surface area (TPSA) is 42.1 Å². The minimum absolute atomic E-state index is 0.266. The molecule has 1 aromatic heterocycles. The zero-order valence-electron chi connectivity index (χ0n) is 12.2. The molecule has 0 amide bonds. The fourth-order valence-corrected chi connectivity index (χ4v) is 1.97. The van der Waals surface area contributed by atoms with Gasteiger partial charge in [0.25, 0.3) is 0 Å². The molecule has 0 spiro atoms. The first kappa shape index (κ1) is 15.1. The van der Waals surface area contributed by atoms with Gasteiger partial charge in [-0.25, -0.2) is 0 Å². The average molecular weight is 249 g/mol. The van der Waals surface area contributed by atoms with Crippen LogP contribution in [-0.4, -0.2) is 30.0 Å². The number of nitrogens with two attached hydrogens (primary N) is 1. The van der Waals surface area contributed by atoms with E-state index < -0.39 is 0 Å². The predicted octanol–water partition coefficient (Wildman–Crippen LogP) is 2.59. The van der Waals surface area contributed by atoms with E-state index in [1.807, 2.05) is 13.0 Å². The molecule has 0 saturated carbocycles. The van der Waals surface area contributed by atoms with Crippen LogP contribution in [-0.2, 0) is 6.54 Å². The summed E-state index contributed by atoms with van der Waals surface area (Å²) in [6, 6.07) is 6.20. The van der Waals surface area contributed by atoms with Gasteiger partial charge in [-0.1, -0.05) is 19.9 Å². The minimum Gasteiger partial charge on any atom is -0.330 e. The molecule has 0 aliphatic rings. The average Bonchev–Trinajstić information content (AvgIpc) is 2.28. The summed E-state index contributed by atoms with van der Waals surface area (Å²) in [7, 11) is 2.15.